The van der Waals surface area contributed by atoms with Gasteiger partial charge in [0.1, 0.15) is 0 Å². The quantitative estimate of drug-likeness (QED) is 0.435. The Morgan fingerprint density at radius 1 is 1.27 bits per heavy atom. The molecule has 6 nitrogen and oxygen atoms in total. The second-order valence-electron chi connectivity index (χ2n) is 5.85. The molecule has 0 atom stereocenters. The van der Waals surface area contributed by atoms with E-state index in [9.17, 15) is 8.42 Å². The smallest absolute Gasteiger partial charge is 0.214 e. The first-order chi connectivity index (χ1) is 10.6. The number of hydrogen-bond acceptors (Lipinski definition) is 3. The molecule has 0 unspecified atom stereocenters. The van der Waals surface area contributed by atoms with Crippen molar-refractivity contribution in [3.63, 3.8) is 0 Å². The zero-order valence-electron chi connectivity index (χ0n) is 13.5. The normalized spacial score (nSPS) is 22.4. The SMILES string of the molecule is CN=C(NCCC1=CCCCC1)NCCN1CCCS1(=O)=O. The number of allylic oxidation sites excluding steroid dienone is 1. The van der Waals surface area contributed by atoms with E-state index in [-0.39, 0.29) is 5.75 Å². The molecule has 0 amide bonds. The summed E-state index contributed by atoms with van der Waals surface area (Å²) in [7, 11) is -1.26. The van der Waals surface area contributed by atoms with E-state index in [2.05, 4.69) is 21.7 Å². The molecule has 2 rings (SSSR count). The highest BCUT2D eigenvalue weighted by Crippen LogP contribution is 2.19. The molecule has 0 aromatic heterocycles. The first-order valence-corrected chi connectivity index (χ1v) is 9.83. The van der Waals surface area contributed by atoms with Crippen LogP contribution < -0.4 is 10.6 Å². The van der Waals surface area contributed by atoms with Crippen LogP contribution in [0.2, 0.25) is 0 Å². The third-order valence-electron chi connectivity index (χ3n) is 4.20. The summed E-state index contributed by atoms with van der Waals surface area (Å²) < 4.78 is 25.0. The lowest BCUT2D eigenvalue weighted by molar-refractivity contribution is 0.445. The molecular formula is C15H28N4O2S. The van der Waals surface area contributed by atoms with Crippen LogP contribution in [-0.4, -0.2) is 57.7 Å². The summed E-state index contributed by atoms with van der Waals surface area (Å²) >= 11 is 0. The van der Waals surface area contributed by atoms with Crippen molar-refractivity contribution < 1.29 is 8.42 Å². The summed E-state index contributed by atoms with van der Waals surface area (Å²) in [5.41, 5.74) is 1.54. The lowest BCUT2D eigenvalue weighted by Gasteiger charge is -2.17. The molecule has 1 fully saturated rings. The fourth-order valence-corrected chi connectivity index (χ4v) is 4.46. The topological polar surface area (TPSA) is 73.8 Å². The van der Waals surface area contributed by atoms with Crippen LogP contribution in [-0.2, 0) is 10.0 Å². The Labute approximate surface area is 134 Å². The van der Waals surface area contributed by atoms with Gasteiger partial charge in [-0.2, -0.15) is 0 Å². The zero-order valence-corrected chi connectivity index (χ0v) is 14.3. The highest BCUT2D eigenvalue weighted by atomic mass is 32.2. The summed E-state index contributed by atoms with van der Waals surface area (Å²) in [5, 5.41) is 6.48. The van der Waals surface area contributed by atoms with E-state index in [4.69, 9.17) is 0 Å². The maximum absolute atomic E-state index is 11.7. The molecule has 0 aromatic carbocycles. The van der Waals surface area contributed by atoms with Gasteiger partial charge in [-0.25, -0.2) is 12.7 Å². The van der Waals surface area contributed by atoms with Gasteiger partial charge in [-0.3, -0.25) is 4.99 Å². The number of hydrogen-bond donors (Lipinski definition) is 2. The van der Waals surface area contributed by atoms with Crippen LogP contribution in [0, 0.1) is 0 Å². The maximum atomic E-state index is 11.7. The molecule has 0 bridgehead atoms. The molecule has 0 aromatic rings. The zero-order chi connectivity index (χ0) is 15.8. The molecule has 1 aliphatic carbocycles. The van der Waals surface area contributed by atoms with Crippen molar-refractivity contribution in [3.05, 3.63) is 11.6 Å². The van der Waals surface area contributed by atoms with Crippen molar-refractivity contribution in [2.75, 3.05) is 39.0 Å². The van der Waals surface area contributed by atoms with Crippen molar-refractivity contribution in [3.8, 4) is 0 Å². The minimum Gasteiger partial charge on any atom is -0.356 e. The monoisotopic (exact) mass is 328 g/mol. The van der Waals surface area contributed by atoms with E-state index in [0.29, 0.717) is 19.6 Å². The first-order valence-electron chi connectivity index (χ1n) is 8.22. The largest absolute Gasteiger partial charge is 0.356 e. The van der Waals surface area contributed by atoms with Crippen molar-refractivity contribution >= 4 is 16.0 Å². The Morgan fingerprint density at radius 2 is 2.09 bits per heavy atom. The van der Waals surface area contributed by atoms with E-state index in [1.165, 1.54) is 31.3 Å². The number of nitrogens with zero attached hydrogens (tertiary/aromatic N) is 2. The van der Waals surface area contributed by atoms with Crippen LogP contribution >= 0.6 is 0 Å². The minimum absolute atomic E-state index is 0.287. The number of guanidine groups is 1. The predicted octanol–water partition coefficient (Wildman–Crippen LogP) is 1.08. The average molecular weight is 328 g/mol. The Kier molecular flexibility index (Phi) is 6.70. The Morgan fingerprint density at radius 3 is 2.73 bits per heavy atom. The summed E-state index contributed by atoms with van der Waals surface area (Å²) in [6, 6.07) is 0. The maximum Gasteiger partial charge on any atom is 0.214 e. The lowest BCUT2D eigenvalue weighted by atomic mass is 9.97. The van der Waals surface area contributed by atoms with Gasteiger partial charge < -0.3 is 10.6 Å². The second-order valence-corrected chi connectivity index (χ2v) is 7.94. The molecule has 2 aliphatic rings. The number of sulfonamides is 1. The van der Waals surface area contributed by atoms with Gasteiger partial charge in [0.2, 0.25) is 10.0 Å². The third-order valence-corrected chi connectivity index (χ3v) is 6.16. The minimum atomic E-state index is -3.00. The number of aliphatic imine (C=N–C) groups is 1. The average Bonchev–Trinajstić information content (AvgIpc) is 2.85. The fraction of sp³-hybridized carbons (Fsp3) is 0.800. The van der Waals surface area contributed by atoms with Gasteiger partial charge in [0.25, 0.3) is 0 Å². The van der Waals surface area contributed by atoms with E-state index >= 15 is 0 Å². The summed E-state index contributed by atoms with van der Waals surface area (Å²) in [4.78, 5) is 4.18. The Balaban J connectivity index is 1.64. The molecule has 0 saturated carbocycles. The molecule has 22 heavy (non-hydrogen) atoms. The Bertz CT molecular complexity index is 514. The van der Waals surface area contributed by atoms with E-state index in [0.717, 1.165) is 25.3 Å². The molecule has 0 spiro atoms. The summed E-state index contributed by atoms with van der Waals surface area (Å²) in [6.07, 6.45) is 9.22. The highest BCUT2D eigenvalue weighted by Gasteiger charge is 2.27. The van der Waals surface area contributed by atoms with Gasteiger partial charge in [-0.05, 0) is 38.5 Å². The molecule has 0 radical (unpaired) electrons. The van der Waals surface area contributed by atoms with Crippen LogP contribution in [0.25, 0.3) is 0 Å². The number of rotatable bonds is 6. The van der Waals surface area contributed by atoms with Crippen LogP contribution in [0.1, 0.15) is 38.5 Å². The van der Waals surface area contributed by atoms with Gasteiger partial charge >= 0.3 is 0 Å². The van der Waals surface area contributed by atoms with Crippen molar-refractivity contribution in [1.29, 1.82) is 0 Å². The first kappa shape index (κ1) is 17.3. The predicted molar refractivity (Wildman–Crippen MR) is 90.5 cm³/mol. The van der Waals surface area contributed by atoms with E-state index in [1.54, 1.807) is 11.4 Å². The van der Waals surface area contributed by atoms with Gasteiger partial charge in [0.05, 0.1) is 5.75 Å². The standard InChI is InChI=1S/C15H28N4O2S/c1-16-15(17-9-8-14-6-3-2-4-7-14)18-10-12-19-11-5-13-22(19,20)21/h6H,2-5,7-13H2,1H3,(H2,16,17,18). The van der Waals surface area contributed by atoms with Crippen LogP contribution in [0.5, 0.6) is 0 Å². The molecule has 1 saturated heterocycles. The number of nitrogens with one attached hydrogen (secondary N) is 2. The van der Waals surface area contributed by atoms with E-state index < -0.39 is 10.0 Å². The fourth-order valence-electron chi connectivity index (χ4n) is 2.94. The van der Waals surface area contributed by atoms with Crippen molar-refractivity contribution in [2.45, 2.75) is 38.5 Å². The van der Waals surface area contributed by atoms with Gasteiger partial charge in [0, 0.05) is 33.2 Å². The molecule has 7 heteroatoms. The third kappa shape index (κ3) is 5.28. The van der Waals surface area contributed by atoms with Crippen molar-refractivity contribution in [2.24, 2.45) is 4.99 Å². The summed E-state index contributed by atoms with van der Waals surface area (Å²) in [5.74, 6) is 1.03. The Hall–Kier alpha value is -1.08. The lowest BCUT2D eigenvalue weighted by Crippen LogP contribution is -2.42. The molecular weight excluding hydrogens is 300 g/mol. The van der Waals surface area contributed by atoms with Gasteiger partial charge in [-0.15, -0.1) is 0 Å². The molecule has 1 aliphatic heterocycles. The molecule has 1 heterocycles. The highest BCUT2D eigenvalue weighted by molar-refractivity contribution is 7.89. The van der Waals surface area contributed by atoms with Crippen molar-refractivity contribution in [1.82, 2.24) is 14.9 Å². The van der Waals surface area contributed by atoms with Gasteiger partial charge in [0.15, 0.2) is 5.96 Å². The van der Waals surface area contributed by atoms with Crippen LogP contribution in [0.15, 0.2) is 16.6 Å². The van der Waals surface area contributed by atoms with Crippen LogP contribution in [0.3, 0.4) is 0 Å². The van der Waals surface area contributed by atoms with Crippen LogP contribution in [0.4, 0.5) is 0 Å². The molecule has 126 valence electrons. The molecule has 2 N–H and O–H groups in total. The van der Waals surface area contributed by atoms with E-state index in [1.807, 2.05) is 0 Å². The second kappa shape index (κ2) is 8.53. The summed E-state index contributed by atoms with van der Waals surface area (Å²) in [6.45, 7) is 2.60. The van der Waals surface area contributed by atoms with Gasteiger partial charge in [-0.1, -0.05) is 11.6 Å².